The fourth-order valence-electron chi connectivity index (χ4n) is 3.79. The normalized spacial score (nSPS) is 11.2. The maximum Gasteiger partial charge on any atom is 0.228 e. The van der Waals surface area contributed by atoms with E-state index in [9.17, 15) is 9.18 Å². The predicted molar refractivity (Wildman–Crippen MR) is 125 cm³/mol. The van der Waals surface area contributed by atoms with Crippen LogP contribution in [0.1, 0.15) is 30.0 Å². The number of fused-ring (bicyclic) bond motifs is 1. The fourth-order valence-corrected chi connectivity index (χ4v) is 3.79. The van der Waals surface area contributed by atoms with Crippen molar-refractivity contribution in [1.29, 1.82) is 0 Å². The summed E-state index contributed by atoms with van der Waals surface area (Å²) in [5.74, 6) is 0.284. The topological polar surface area (TPSA) is 42.7 Å². The van der Waals surface area contributed by atoms with Crippen molar-refractivity contribution in [3.63, 3.8) is 0 Å². The summed E-state index contributed by atoms with van der Waals surface area (Å²) in [4.78, 5) is 15.6. The lowest BCUT2D eigenvalue weighted by Crippen LogP contribution is -2.27. The van der Waals surface area contributed by atoms with E-state index in [4.69, 9.17) is 9.15 Å². The van der Waals surface area contributed by atoms with E-state index < -0.39 is 0 Å². The van der Waals surface area contributed by atoms with E-state index in [1.807, 2.05) is 30.3 Å². The van der Waals surface area contributed by atoms with Crippen LogP contribution in [-0.2, 0) is 0 Å². The molecule has 1 heterocycles. The van der Waals surface area contributed by atoms with E-state index in [-0.39, 0.29) is 17.4 Å². The molecule has 0 amide bonds. The third-order valence-electron chi connectivity index (χ3n) is 5.61. The Bertz CT molecular complexity index is 1200. The quantitative estimate of drug-likeness (QED) is 0.296. The monoisotopic (exact) mass is 431 g/mol. The highest BCUT2D eigenvalue weighted by Gasteiger charge is 2.23. The highest BCUT2D eigenvalue weighted by Crippen LogP contribution is 2.36. The number of carbonyl (C=O) groups excluding carboxylic acids is 1. The summed E-state index contributed by atoms with van der Waals surface area (Å²) >= 11 is 0. The molecule has 5 heteroatoms. The largest absolute Gasteiger partial charge is 0.492 e. The number of furan rings is 1. The zero-order chi connectivity index (χ0) is 22.5. The van der Waals surface area contributed by atoms with Crippen molar-refractivity contribution in [2.45, 2.75) is 13.8 Å². The van der Waals surface area contributed by atoms with Crippen LogP contribution in [0.25, 0.3) is 22.1 Å². The molecule has 4 nitrogen and oxygen atoms in total. The summed E-state index contributed by atoms with van der Waals surface area (Å²) in [6.07, 6.45) is 0. The summed E-state index contributed by atoms with van der Waals surface area (Å²) in [5, 5.41) is 0.580. The van der Waals surface area contributed by atoms with E-state index in [1.165, 1.54) is 12.1 Å². The van der Waals surface area contributed by atoms with Crippen LogP contribution in [0, 0.1) is 5.82 Å². The second kappa shape index (κ2) is 9.79. The molecule has 0 fully saturated rings. The average molecular weight is 432 g/mol. The standard InChI is InChI=1S/C27H26FNO3/c1-3-29(4-2)16-17-31-22-13-10-20(11-14-22)26(30)27-25(19-8-6-5-7-9-19)23-18-21(28)12-15-24(23)32-27/h5-15,18H,3-4,16-17H2,1-2H3. The fraction of sp³-hybridized carbons (Fsp3) is 0.222. The van der Waals surface area contributed by atoms with E-state index in [2.05, 4.69) is 18.7 Å². The van der Waals surface area contributed by atoms with Gasteiger partial charge in [-0.3, -0.25) is 4.79 Å². The number of nitrogens with zero attached hydrogens (tertiary/aromatic N) is 1. The Balaban J connectivity index is 1.61. The molecule has 1 aromatic heterocycles. The molecule has 0 spiro atoms. The molecular weight excluding hydrogens is 405 g/mol. The number of benzene rings is 3. The molecule has 0 N–H and O–H groups in total. The zero-order valence-corrected chi connectivity index (χ0v) is 18.3. The maximum absolute atomic E-state index is 14.0. The Labute approximate surface area is 187 Å². The van der Waals surface area contributed by atoms with Gasteiger partial charge >= 0.3 is 0 Å². The van der Waals surface area contributed by atoms with Gasteiger partial charge in [0, 0.05) is 23.1 Å². The van der Waals surface area contributed by atoms with Crippen LogP contribution in [0.15, 0.2) is 77.2 Å². The maximum atomic E-state index is 14.0. The Kier molecular flexibility index (Phi) is 6.66. The minimum absolute atomic E-state index is 0.201. The number of likely N-dealkylation sites (N-methyl/N-ethyl adjacent to an activating group) is 1. The molecule has 0 atom stereocenters. The van der Waals surface area contributed by atoms with Crippen molar-refractivity contribution in [1.82, 2.24) is 4.90 Å². The summed E-state index contributed by atoms with van der Waals surface area (Å²) < 4.78 is 25.7. The number of carbonyl (C=O) groups is 1. The number of rotatable bonds is 9. The van der Waals surface area contributed by atoms with Gasteiger partial charge in [-0.15, -0.1) is 0 Å². The lowest BCUT2D eigenvalue weighted by molar-refractivity contribution is 0.101. The average Bonchev–Trinajstić information content (AvgIpc) is 3.21. The van der Waals surface area contributed by atoms with E-state index in [1.54, 1.807) is 30.3 Å². The van der Waals surface area contributed by atoms with Crippen LogP contribution >= 0.6 is 0 Å². The Morgan fingerprint density at radius 3 is 2.38 bits per heavy atom. The molecule has 0 bridgehead atoms. The highest BCUT2D eigenvalue weighted by molar-refractivity contribution is 6.15. The van der Waals surface area contributed by atoms with Gasteiger partial charge in [-0.05, 0) is 61.1 Å². The molecule has 4 aromatic rings. The Morgan fingerprint density at radius 2 is 1.69 bits per heavy atom. The molecule has 0 aliphatic heterocycles. The van der Waals surface area contributed by atoms with Crippen molar-refractivity contribution < 1.29 is 18.3 Å². The molecule has 3 aromatic carbocycles. The molecule has 32 heavy (non-hydrogen) atoms. The van der Waals surface area contributed by atoms with Gasteiger partial charge in [0.2, 0.25) is 5.78 Å². The molecule has 4 rings (SSSR count). The molecule has 0 radical (unpaired) electrons. The molecular formula is C27H26FNO3. The summed E-state index contributed by atoms with van der Waals surface area (Å²) in [6, 6.07) is 20.8. The van der Waals surface area contributed by atoms with Crippen LogP contribution < -0.4 is 4.74 Å². The summed E-state index contributed by atoms with van der Waals surface area (Å²) in [7, 11) is 0. The Hall–Kier alpha value is -3.44. The van der Waals surface area contributed by atoms with E-state index in [0.717, 1.165) is 25.2 Å². The van der Waals surface area contributed by atoms with Gasteiger partial charge in [0.05, 0.1) is 0 Å². The van der Waals surface area contributed by atoms with Crippen LogP contribution in [0.2, 0.25) is 0 Å². The number of ketones is 1. The summed E-state index contributed by atoms with van der Waals surface area (Å²) in [5.41, 5.74) is 2.36. The number of hydrogen-bond acceptors (Lipinski definition) is 4. The first-order valence-corrected chi connectivity index (χ1v) is 10.9. The second-order valence-corrected chi connectivity index (χ2v) is 7.54. The third kappa shape index (κ3) is 4.58. The van der Waals surface area contributed by atoms with Crippen LogP contribution in [0.5, 0.6) is 5.75 Å². The van der Waals surface area contributed by atoms with Crippen molar-refractivity contribution >= 4 is 16.8 Å². The minimum Gasteiger partial charge on any atom is -0.492 e. The molecule has 0 unspecified atom stereocenters. The zero-order valence-electron chi connectivity index (χ0n) is 18.3. The van der Waals surface area contributed by atoms with Gasteiger partial charge in [0.15, 0.2) is 5.76 Å². The highest BCUT2D eigenvalue weighted by atomic mass is 19.1. The predicted octanol–water partition coefficient (Wildman–Crippen LogP) is 6.19. The van der Waals surface area contributed by atoms with Crippen molar-refractivity contribution in [2.75, 3.05) is 26.2 Å². The van der Waals surface area contributed by atoms with Gasteiger partial charge in [0.1, 0.15) is 23.8 Å². The van der Waals surface area contributed by atoms with E-state index in [0.29, 0.717) is 34.5 Å². The lowest BCUT2D eigenvalue weighted by atomic mass is 9.98. The SMILES string of the molecule is CCN(CC)CCOc1ccc(C(=O)c2oc3ccc(F)cc3c2-c2ccccc2)cc1. The van der Waals surface area contributed by atoms with Gasteiger partial charge in [-0.2, -0.15) is 0 Å². The van der Waals surface area contributed by atoms with E-state index >= 15 is 0 Å². The number of halogens is 1. The first-order valence-electron chi connectivity index (χ1n) is 10.9. The first-order chi connectivity index (χ1) is 15.6. The molecule has 0 saturated heterocycles. The van der Waals surface area contributed by atoms with Crippen LogP contribution in [0.3, 0.4) is 0 Å². The second-order valence-electron chi connectivity index (χ2n) is 7.54. The van der Waals surface area contributed by atoms with Crippen molar-refractivity contribution in [2.24, 2.45) is 0 Å². The lowest BCUT2D eigenvalue weighted by Gasteiger charge is -2.18. The number of ether oxygens (including phenoxy) is 1. The minimum atomic E-state index is -0.374. The number of hydrogen-bond donors (Lipinski definition) is 0. The van der Waals surface area contributed by atoms with Crippen LogP contribution in [0.4, 0.5) is 4.39 Å². The van der Waals surface area contributed by atoms with Gasteiger partial charge in [-0.1, -0.05) is 44.2 Å². The van der Waals surface area contributed by atoms with Crippen molar-refractivity contribution in [3.05, 3.63) is 89.9 Å². The van der Waals surface area contributed by atoms with Gasteiger partial charge in [-0.25, -0.2) is 4.39 Å². The molecule has 164 valence electrons. The van der Waals surface area contributed by atoms with Crippen LogP contribution in [-0.4, -0.2) is 36.9 Å². The summed E-state index contributed by atoms with van der Waals surface area (Å²) in [6.45, 7) is 7.66. The van der Waals surface area contributed by atoms with Gasteiger partial charge in [0.25, 0.3) is 0 Å². The third-order valence-corrected chi connectivity index (χ3v) is 5.61. The molecule has 0 saturated carbocycles. The Morgan fingerprint density at radius 1 is 0.969 bits per heavy atom. The first kappa shape index (κ1) is 21.8. The molecule has 0 aliphatic rings. The van der Waals surface area contributed by atoms with Gasteiger partial charge < -0.3 is 14.1 Å². The molecule has 0 aliphatic carbocycles. The smallest absolute Gasteiger partial charge is 0.228 e. The van der Waals surface area contributed by atoms with Crippen molar-refractivity contribution in [3.8, 4) is 16.9 Å².